The third kappa shape index (κ3) is 12.2. The largest absolute Gasteiger partial charge is 0.357 e. The van der Waals surface area contributed by atoms with Crippen molar-refractivity contribution in [3.63, 3.8) is 0 Å². The monoisotopic (exact) mass is 374 g/mol. The van der Waals surface area contributed by atoms with Gasteiger partial charge in [0, 0.05) is 25.4 Å². The van der Waals surface area contributed by atoms with E-state index in [-0.39, 0.29) is 11.8 Å². The molecule has 1 rings (SSSR count). The van der Waals surface area contributed by atoms with Crippen LogP contribution < -0.4 is 10.6 Å². The number of aliphatic imine (C=N–C) groups is 1. The second-order valence-electron chi connectivity index (χ2n) is 7.19. The Bertz CT molecular complexity index is 473. The van der Waals surface area contributed by atoms with E-state index < -0.39 is 9.84 Å². The first-order chi connectivity index (χ1) is 11.9. The molecule has 0 saturated carbocycles. The van der Waals surface area contributed by atoms with Crippen molar-refractivity contribution in [2.45, 2.75) is 64.8 Å². The number of hydrogen-bond acceptors (Lipinski definition) is 4. The summed E-state index contributed by atoms with van der Waals surface area (Å²) < 4.78 is 22.5. The summed E-state index contributed by atoms with van der Waals surface area (Å²) in [6.07, 6.45) is 9.56. The van der Waals surface area contributed by atoms with E-state index in [1.807, 2.05) is 13.8 Å². The zero-order valence-electron chi connectivity index (χ0n) is 16.4. The van der Waals surface area contributed by atoms with E-state index in [9.17, 15) is 8.42 Å². The van der Waals surface area contributed by atoms with Gasteiger partial charge in [-0.25, -0.2) is 8.42 Å². The Balaban J connectivity index is 2.20. The van der Waals surface area contributed by atoms with Gasteiger partial charge in [0.2, 0.25) is 0 Å². The lowest BCUT2D eigenvalue weighted by atomic mass is 10.1. The molecule has 0 aromatic carbocycles. The summed E-state index contributed by atoms with van der Waals surface area (Å²) >= 11 is 0. The predicted octanol–water partition coefficient (Wildman–Crippen LogP) is 2.02. The zero-order chi connectivity index (χ0) is 18.5. The molecular formula is C18H38N4O2S. The Kier molecular flexibility index (Phi) is 11.1. The highest BCUT2D eigenvalue weighted by atomic mass is 32.2. The van der Waals surface area contributed by atoms with Crippen molar-refractivity contribution >= 4 is 15.8 Å². The molecular weight excluding hydrogens is 336 g/mol. The summed E-state index contributed by atoms with van der Waals surface area (Å²) in [7, 11) is -2.91. The maximum absolute atomic E-state index is 11.3. The molecule has 0 radical (unpaired) electrons. The van der Waals surface area contributed by atoms with Crippen LogP contribution in [0.3, 0.4) is 0 Å². The standard InChI is InChI=1S/C18H38N4O2S/c1-4-19-18(21-17(2)11-16-25(3,23)24)20-12-7-5-8-13-22-14-9-6-10-15-22/h17H,4-16H2,1-3H3,(H2,19,20,21). The van der Waals surface area contributed by atoms with Crippen LogP contribution in [0.4, 0.5) is 0 Å². The van der Waals surface area contributed by atoms with Crippen molar-refractivity contribution in [2.24, 2.45) is 4.99 Å². The van der Waals surface area contributed by atoms with Gasteiger partial charge in [-0.3, -0.25) is 4.99 Å². The summed E-state index contributed by atoms with van der Waals surface area (Å²) in [4.78, 5) is 7.20. The number of piperidine rings is 1. The average molecular weight is 375 g/mol. The highest BCUT2D eigenvalue weighted by Gasteiger charge is 2.10. The number of nitrogens with zero attached hydrogens (tertiary/aromatic N) is 2. The SMILES string of the molecule is CCNC(=NCCCCCN1CCCCC1)NC(C)CCS(C)(=O)=O. The van der Waals surface area contributed by atoms with Crippen molar-refractivity contribution in [3.8, 4) is 0 Å². The van der Waals surface area contributed by atoms with E-state index in [0.29, 0.717) is 6.42 Å². The van der Waals surface area contributed by atoms with Gasteiger partial charge in [0.1, 0.15) is 9.84 Å². The third-order valence-corrected chi connectivity index (χ3v) is 5.48. The van der Waals surface area contributed by atoms with Crippen molar-refractivity contribution in [3.05, 3.63) is 0 Å². The minimum atomic E-state index is -2.91. The van der Waals surface area contributed by atoms with Gasteiger partial charge in [-0.1, -0.05) is 12.8 Å². The van der Waals surface area contributed by atoms with Crippen LogP contribution in [0.5, 0.6) is 0 Å². The lowest BCUT2D eigenvalue weighted by molar-refractivity contribution is 0.224. The van der Waals surface area contributed by atoms with Crippen LogP contribution in [0.15, 0.2) is 4.99 Å². The molecule has 0 aliphatic carbocycles. The first-order valence-electron chi connectivity index (χ1n) is 9.85. The number of hydrogen-bond donors (Lipinski definition) is 2. The maximum Gasteiger partial charge on any atom is 0.191 e. The van der Waals surface area contributed by atoms with Gasteiger partial charge in [-0.05, 0) is 65.6 Å². The van der Waals surface area contributed by atoms with E-state index in [1.165, 1.54) is 58.0 Å². The van der Waals surface area contributed by atoms with Gasteiger partial charge in [0.15, 0.2) is 5.96 Å². The van der Waals surface area contributed by atoms with Crippen LogP contribution >= 0.6 is 0 Å². The lowest BCUT2D eigenvalue weighted by Gasteiger charge is -2.26. The normalized spacial score (nSPS) is 18.1. The van der Waals surface area contributed by atoms with Crippen LogP contribution in [0, 0.1) is 0 Å². The quantitative estimate of drug-likeness (QED) is 0.329. The summed E-state index contributed by atoms with van der Waals surface area (Å²) in [6.45, 7) is 9.43. The Labute approximate surface area is 154 Å². The number of guanidine groups is 1. The summed E-state index contributed by atoms with van der Waals surface area (Å²) in [5.41, 5.74) is 0. The third-order valence-electron chi connectivity index (χ3n) is 4.50. The minimum absolute atomic E-state index is 0.0895. The molecule has 1 saturated heterocycles. The fourth-order valence-electron chi connectivity index (χ4n) is 3.01. The molecule has 1 heterocycles. The molecule has 148 valence electrons. The molecule has 25 heavy (non-hydrogen) atoms. The first-order valence-corrected chi connectivity index (χ1v) is 11.9. The molecule has 1 atom stereocenters. The molecule has 7 heteroatoms. The minimum Gasteiger partial charge on any atom is -0.357 e. The highest BCUT2D eigenvalue weighted by Crippen LogP contribution is 2.09. The predicted molar refractivity (Wildman–Crippen MR) is 107 cm³/mol. The van der Waals surface area contributed by atoms with E-state index in [4.69, 9.17) is 0 Å². The molecule has 0 bridgehead atoms. The van der Waals surface area contributed by atoms with Crippen molar-refractivity contribution in [1.82, 2.24) is 15.5 Å². The second kappa shape index (κ2) is 12.5. The van der Waals surface area contributed by atoms with Crippen LogP contribution in [0.1, 0.15) is 58.8 Å². The molecule has 1 fully saturated rings. The van der Waals surface area contributed by atoms with Crippen LogP contribution in [0.2, 0.25) is 0 Å². The summed E-state index contributed by atoms with van der Waals surface area (Å²) in [6, 6.07) is 0.0895. The van der Waals surface area contributed by atoms with E-state index in [1.54, 1.807) is 0 Å². The van der Waals surface area contributed by atoms with Crippen molar-refractivity contribution in [1.29, 1.82) is 0 Å². The average Bonchev–Trinajstić information content (AvgIpc) is 2.56. The van der Waals surface area contributed by atoms with Gasteiger partial charge >= 0.3 is 0 Å². The van der Waals surface area contributed by atoms with Gasteiger partial charge in [0.05, 0.1) is 5.75 Å². The van der Waals surface area contributed by atoms with E-state index >= 15 is 0 Å². The van der Waals surface area contributed by atoms with Gasteiger partial charge in [-0.15, -0.1) is 0 Å². The number of rotatable bonds is 11. The van der Waals surface area contributed by atoms with Crippen LogP contribution in [-0.2, 0) is 9.84 Å². The molecule has 1 aliphatic heterocycles. The Morgan fingerprint density at radius 2 is 1.88 bits per heavy atom. The van der Waals surface area contributed by atoms with Gasteiger partial charge in [-0.2, -0.15) is 0 Å². The number of unbranched alkanes of at least 4 members (excludes halogenated alkanes) is 2. The fraction of sp³-hybridized carbons (Fsp3) is 0.944. The molecule has 6 nitrogen and oxygen atoms in total. The van der Waals surface area contributed by atoms with Gasteiger partial charge in [0.25, 0.3) is 0 Å². The summed E-state index contributed by atoms with van der Waals surface area (Å²) in [5.74, 6) is 0.997. The highest BCUT2D eigenvalue weighted by molar-refractivity contribution is 7.90. The fourth-order valence-corrected chi connectivity index (χ4v) is 3.80. The molecule has 0 aromatic heterocycles. The lowest BCUT2D eigenvalue weighted by Crippen LogP contribution is -2.42. The van der Waals surface area contributed by atoms with Crippen molar-refractivity contribution in [2.75, 3.05) is 44.7 Å². The smallest absolute Gasteiger partial charge is 0.191 e. The number of sulfone groups is 1. The molecule has 0 spiro atoms. The first kappa shape index (κ1) is 22.2. The molecule has 0 amide bonds. The van der Waals surface area contributed by atoms with E-state index in [2.05, 4.69) is 20.5 Å². The topological polar surface area (TPSA) is 73.8 Å². The van der Waals surface area contributed by atoms with Crippen molar-refractivity contribution < 1.29 is 8.42 Å². The molecule has 2 N–H and O–H groups in total. The maximum atomic E-state index is 11.3. The molecule has 1 aliphatic rings. The second-order valence-corrected chi connectivity index (χ2v) is 9.45. The number of likely N-dealkylation sites (tertiary alicyclic amines) is 1. The summed E-state index contributed by atoms with van der Waals surface area (Å²) in [5, 5.41) is 6.53. The van der Waals surface area contributed by atoms with Crippen LogP contribution in [-0.4, -0.2) is 70.1 Å². The van der Waals surface area contributed by atoms with Gasteiger partial charge < -0.3 is 15.5 Å². The molecule has 1 unspecified atom stereocenters. The van der Waals surface area contributed by atoms with Crippen LogP contribution in [0.25, 0.3) is 0 Å². The molecule has 0 aromatic rings. The van der Waals surface area contributed by atoms with E-state index in [0.717, 1.165) is 25.5 Å². The Morgan fingerprint density at radius 3 is 2.52 bits per heavy atom. The number of nitrogens with one attached hydrogen (secondary N) is 2. The Hall–Kier alpha value is -0.820. The zero-order valence-corrected chi connectivity index (χ0v) is 17.2. The Morgan fingerprint density at radius 1 is 1.16 bits per heavy atom.